The van der Waals surface area contributed by atoms with E-state index in [1.807, 2.05) is 12.3 Å². The number of H-pyrrole nitrogens is 1. The summed E-state index contributed by atoms with van der Waals surface area (Å²) in [6, 6.07) is 2.27. The molecule has 0 radical (unpaired) electrons. The first-order valence-corrected chi connectivity index (χ1v) is 14.1. The highest BCUT2D eigenvalue weighted by atomic mass is 32.1. The maximum absolute atomic E-state index is 12.3. The second kappa shape index (κ2) is 10.8. The van der Waals surface area contributed by atoms with Crippen molar-refractivity contribution < 1.29 is 9.53 Å². The summed E-state index contributed by atoms with van der Waals surface area (Å²) >= 11 is 1.76. The summed E-state index contributed by atoms with van der Waals surface area (Å²) in [5.41, 5.74) is 5.04. The molecule has 0 aliphatic heterocycles. The lowest BCUT2D eigenvalue weighted by Gasteiger charge is -2.28. The van der Waals surface area contributed by atoms with Crippen LogP contribution in [0.2, 0.25) is 0 Å². The van der Waals surface area contributed by atoms with Gasteiger partial charge in [-0.1, -0.05) is 27.7 Å². The molecule has 0 bridgehead atoms. The van der Waals surface area contributed by atoms with Gasteiger partial charge in [-0.15, -0.1) is 11.3 Å². The highest BCUT2D eigenvalue weighted by Crippen LogP contribution is 2.42. The summed E-state index contributed by atoms with van der Waals surface area (Å²) in [6.07, 6.45) is 7.61. The fraction of sp³-hybridized carbons (Fsp3) is 0.556. The first kappa shape index (κ1) is 25.7. The first-order chi connectivity index (χ1) is 17.8. The molecule has 5 rings (SSSR count). The number of aromatic nitrogens is 5. The standard InChI is InChI=1S/C27H37N7O2S/c1-15(2)11-28-12-21(35)31-19-8-6-17(7-9-19)26-33-24-22(16(3)4)23(32-27(24)37-26)18-10-20(36-5)25-29-14-30-34(25)13-18/h10,13-17,19,28,32H,6-9,11-12H2,1-5H3,(H,31,35). The van der Waals surface area contributed by atoms with Gasteiger partial charge in [0, 0.05) is 29.3 Å². The van der Waals surface area contributed by atoms with E-state index in [-0.39, 0.29) is 11.9 Å². The Morgan fingerprint density at radius 1 is 1.24 bits per heavy atom. The minimum atomic E-state index is 0.0986. The summed E-state index contributed by atoms with van der Waals surface area (Å²) in [5.74, 6) is 2.07. The van der Waals surface area contributed by atoms with Gasteiger partial charge in [0.05, 0.1) is 24.4 Å². The largest absolute Gasteiger partial charge is 0.493 e. The summed E-state index contributed by atoms with van der Waals surface area (Å²) in [6.45, 7) is 9.96. The molecule has 1 amide bonds. The first-order valence-electron chi connectivity index (χ1n) is 13.2. The molecule has 4 aromatic heterocycles. The van der Waals surface area contributed by atoms with Crippen LogP contribution in [0, 0.1) is 5.92 Å². The maximum atomic E-state index is 12.3. The van der Waals surface area contributed by atoms with Crippen LogP contribution in [0.3, 0.4) is 0 Å². The second-order valence-corrected chi connectivity index (χ2v) is 11.8. The van der Waals surface area contributed by atoms with Crippen molar-refractivity contribution in [3.63, 3.8) is 0 Å². The van der Waals surface area contributed by atoms with Gasteiger partial charge in [0.25, 0.3) is 0 Å². The fourth-order valence-corrected chi connectivity index (χ4v) is 6.44. The molecule has 0 saturated heterocycles. The van der Waals surface area contributed by atoms with E-state index in [9.17, 15) is 4.79 Å². The number of hydrogen-bond acceptors (Lipinski definition) is 7. The Balaban J connectivity index is 1.31. The van der Waals surface area contributed by atoms with Crippen LogP contribution in [-0.4, -0.2) is 56.7 Å². The lowest BCUT2D eigenvalue weighted by Crippen LogP contribution is -2.42. The monoisotopic (exact) mass is 523 g/mol. The van der Waals surface area contributed by atoms with E-state index in [1.165, 1.54) is 16.9 Å². The van der Waals surface area contributed by atoms with E-state index in [0.29, 0.717) is 35.7 Å². The molecule has 4 heterocycles. The maximum Gasteiger partial charge on any atom is 0.234 e. The van der Waals surface area contributed by atoms with Crippen molar-refractivity contribution in [1.29, 1.82) is 0 Å². The highest BCUT2D eigenvalue weighted by Gasteiger charge is 2.28. The van der Waals surface area contributed by atoms with E-state index in [4.69, 9.17) is 9.72 Å². The zero-order chi connectivity index (χ0) is 26.1. The van der Waals surface area contributed by atoms with Crippen LogP contribution in [0.15, 0.2) is 18.6 Å². The molecule has 1 aliphatic carbocycles. The van der Waals surface area contributed by atoms with E-state index in [0.717, 1.165) is 53.8 Å². The van der Waals surface area contributed by atoms with Crippen LogP contribution in [0.1, 0.15) is 75.8 Å². The smallest absolute Gasteiger partial charge is 0.234 e. The molecule has 3 N–H and O–H groups in total. The van der Waals surface area contributed by atoms with Gasteiger partial charge in [0.1, 0.15) is 16.7 Å². The summed E-state index contributed by atoms with van der Waals surface area (Å²) in [7, 11) is 1.65. The number of ether oxygens (including phenoxy) is 1. The molecule has 198 valence electrons. The Morgan fingerprint density at radius 3 is 2.73 bits per heavy atom. The van der Waals surface area contributed by atoms with Crippen LogP contribution < -0.4 is 15.4 Å². The van der Waals surface area contributed by atoms with E-state index < -0.39 is 0 Å². The fourth-order valence-electron chi connectivity index (χ4n) is 5.29. The van der Waals surface area contributed by atoms with Crippen molar-refractivity contribution in [3.8, 4) is 17.0 Å². The van der Waals surface area contributed by atoms with Gasteiger partial charge in [-0.3, -0.25) is 4.79 Å². The number of nitrogens with zero attached hydrogens (tertiary/aromatic N) is 4. The Labute approximate surface area is 221 Å². The summed E-state index contributed by atoms with van der Waals surface area (Å²) < 4.78 is 7.34. The van der Waals surface area contributed by atoms with E-state index in [2.05, 4.69) is 53.4 Å². The number of rotatable bonds is 9. The number of carbonyl (C=O) groups excluding carboxylic acids is 1. The minimum Gasteiger partial charge on any atom is -0.493 e. The van der Waals surface area contributed by atoms with Crippen molar-refractivity contribution in [3.05, 3.63) is 29.2 Å². The molecule has 1 saturated carbocycles. The Bertz CT molecular complexity index is 1380. The van der Waals surface area contributed by atoms with Gasteiger partial charge in [-0.25, -0.2) is 14.5 Å². The molecule has 1 aliphatic rings. The molecule has 37 heavy (non-hydrogen) atoms. The van der Waals surface area contributed by atoms with Gasteiger partial charge in [0.2, 0.25) is 5.91 Å². The Kier molecular flexibility index (Phi) is 7.48. The molecule has 0 unspecified atom stereocenters. The number of thiazole rings is 1. The van der Waals surface area contributed by atoms with Gasteiger partial charge >= 0.3 is 0 Å². The normalized spacial score (nSPS) is 18.4. The molecule has 0 spiro atoms. The molecule has 0 aromatic carbocycles. The van der Waals surface area contributed by atoms with E-state index >= 15 is 0 Å². The van der Waals surface area contributed by atoms with Crippen molar-refractivity contribution in [1.82, 2.24) is 35.2 Å². The van der Waals surface area contributed by atoms with E-state index in [1.54, 1.807) is 23.0 Å². The van der Waals surface area contributed by atoms with Gasteiger partial charge < -0.3 is 20.4 Å². The number of pyridine rings is 1. The highest BCUT2D eigenvalue weighted by molar-refractivity contribution is 7.18. The third kappa shape index (κ3) is 5.36. The Morgan fingerprint density at radius 2 is 2.03 bits per heavy atom. The van der Waals surface area contributed by atoms with Crippen LogP contribution >= 0.6 is 11.3 Å². The number of hydrogen-bond donors (Lipinski definition) is 3. The average molecular weight is 524 g/mol. The van der Waals surface area contributed by atoms with Gasteiger partial charge in [0.15, 0.2) is 11.4 Å². The minimum absolute atomic E-state index is 0.0986. The zero-order valence-electron chi connectivity index (χ0n) is 22.3. The lowest BCUT2D eigenvalue weighted by molar-refractivity contribution is -0.121. The van der Waals surface area contributed by atoms with Crippen molar-refractivity contribution >= 4 is 33.2 Å². The predicted molar refractivity (Wildman–Crippen MR) is 147 cm³/mol. The second-order valence-electron chi connectivity index (χ2n) is 10.8. The third-order valence-electron chi connectivity index (χ3n) is 7.11. The van der Waals surface area contributed by atoms with Gasteiger partial charge in [-0.05, 0) is 50.1 Å². The van der Waals surface area contributed by atoms with Crippen LogP contribution in [0.5, 0.6) is 5.75 Å². The van der Waals surface area contributed by atoms with Crippen LogP contribution in [-0.2, 0) is 4.79 Å². The quantitative estimate of drug-likeness (QED) is 0.289. The van der Waals surface area contributed by atoms with Crippen LogP contribution in [0.25, 0.3) is 27.3 Å². The molecular weight excluding hydrogens is 486 g/mol. The number of aromatic amines is 1. The Hall–Kier alpha value is -2.98. The molecule has 9 nitrogen and oxygen atoms in total. The lowest BCUT2D eigenvalue weighted by atomic mass is 9.86. The molecule has 10 heteroatoms. The number of carbonyl (C=O) groups is 1. The van der Waals surface area contributed by atoms with Crippen LogP contribution in [0.4, 0.5) is 0 Å². The van der Waals surface area contributed by atoms with Crippen molar-refractivity contribution in [2.45, 2.75) is 71.3 Å². The zero-order valence-corrected chi connectivity index (χ0v) is 23.1. The number of methoxy groups -OCH3 is 1. The summed E-state index contributed by atoms with van der Waals surface area (Å²) in [4.78, 5) is 26.5. The number of amides is 1. The molecular formula is C27H37N7O2S. The predicted octanol–water partition coefficient (Wildman–Crippen LogP) is 4.85. The number of fused-ring (bicyclic) bond motifs is 2. The average Bonchev–Trinajstić information content (AvgIpc) is 3.57. The SMILES string of the molecule is COc1cc(-c2[nH]c3sc(C4CCC(NC(=O)CNCC(C)C)CC4)nc3c2C(C)C)cn2ncnc12. The van der Waals surface area contributed by atoms with Crippen molar-refractivity contribution in [2.24, 2.45) is 5.92 Å². The number of nitrogens with one attached hydrogen (secondary N) is 3. The van der Waals surface area contributed by atoms with Gasteiger partial charge in [-0.2, -0.15) is 5.10 Å². The molecule has 4 aromatic rings. The van der Waals surface area contributed by atoms with Crippen molar-refractivity contribution in [2.75, 3.05) is 20.2 Å². The molecule has 1 fully saturated rings. The topological polar surface area (TPSA) is 109 Å². The summed E-state index contributed by atoms with van der Waals surface area (Å²) in [5, 5.41) is 12.0. The molecule has 0 atom stereocenters. The third-order valence-corrected chi connectivity index (χ3v) is 8.25.